The minimum absolute atomic E-state index is 0.0619. The minimum atomic E-state index is -0.761. The molecule has 5 rings (SSSR count). The van der Waals surface area contributed by atoms with Crippen LogP contribution in [0.3, 0.4) is 0 Å². The lowest BCUT2D eigenvalue weighted by atomic mass is 9.80. The number of nitrogens with one attached hydrogen (secondary N) is 2. The van der Waals surface area contributed by atoms with Gasteiger partial charge in [-0.05, 0) is 84.2 Å². The molecular weight excluding hydrogens is 721 g/mol. The number of nitrogens with two attached hydrogens (primary N) is 2. The SMILES string of the molecule is CC[C@H]1C=CCC[C@@]2(C[C@@H]3CC[C@H]4[C@@H](C(=O)OCCCCCCCCCCCCCCCC(=O)N(CCCN)CC(O)CCN)[C@@]5(CCC[C@@H](C)O5)NC(=[N+]34)N2)O1. The highest BCUT2D eigenvalue weighted by molar-refractivity contribution is 5.82. The maximum atomic E-state index is 14.1. The van der Waals surface area contributed by atoms with Crippen molar-refractivity contribution < 1.29 is 33.5 Å². The molecule has 7 N–H and O–H groups in total. The molecule has 8 atom stereocenters. The fraction of sp³-hybridized carbons (Fsp3) is 0.889. The predicted octanol–water partition coefficient (Wildman–Crippen LogP) is 6.12. The van der Waals surface area contributed by atoms with Crippen molar-refractivity contribution in [3.8, 4) is 0 Å². The Morgan fingerprint density at radius 1 is 0.930 bits per heavy atom. The second-order valence-electron chi connectivity index (χ2n) is 17.9. The maximum Gasteiger partial charge on any atom is 0.350 e. The van der Waals surface area contributed by atoms with Gasteiger partial charge in [0.1, 0.15) is 0 Å². The van der Waals surface area contributed by atoms with Gasteiger partial charge in [0.15, 0.2) is 11.6 Å². The van der Waals surface area contributed by atoms with E-state index >= 15 is 0 Å². The number of allylic oxidation sites excluding steroid dienone is 1. The van der Waals surface area contributed by atoms with E-state index in [2.05, 4.69) is 41.2 Å². The molecule has 5 aliphatic rings. The van der Waals surface area contributed by atoms with Crippen LogP contribution in [0, 0.1) is 5.92 Å². The van der Waals surface area contributed by atoms with Crippen LogP contribution in [0.1, 0.15) is 174 Å². The highest BCUT2D eigenvalue weighted by atomic mass is 16.6. The van der Waals surface area contributed by atoms with Crippen LogP contribution < -0.4 is 22.1 Å². The topological polar surface area (TPSA) is 164 Å². The Hall–Kier alpha value is -2.25. The monoisotopic (exact) mass is 802 g/mol. The number of hydrogen-bond acceptors (Lipinski definition) is 10. The summed E-state index contributed by atoms with van der Waals surface area (Å²) in [6, 6.07) is 0.391. The number of carbonyl (C=O) groups excluding carboxylic acids is 2. The molecule has 0 aromatic carbocycles. The van der Waals surface area contributed by atoms with E-state index in [1.807, 2.05) is 0 Å². The van der Waals surface area contributed by atoms with E-state index in [4.69, 9.17) is 25.7 Å². The van der Waals surface area contributed by atoms with Gasteiger partial charge in [-0.1, -0.05) is 89.7 Å². The number of esters is 1. The summed E-state index contributed by atoms with van der Waals surface area (Å²) in [4.78, 5) is 28.5. The first-order valence-electron chi connectivity index (χ1n) is 23.5. The van der Waals surface area contributed by atoms with Crippen molar-refractivity contribution >= 4 is 17.8 Å². The standard InChI is InChI=1S/C45H80N6O6/c1-3-38-22-16-17-27-44(57-38)33-36-24-25-39-41(45(28-19-21-35(2)56-45)49-43(48-44)51(36)39)42(54)55-32-18-14-12-10-8-6-4-5-7-9-11-13-15-23-40(53)50(31-20-29-46)34-37(52)26-30-47/h16,22,35-39,41,52H,3-15,17-21,23-34,46-47H2,1-2H3,(H,48,49)/p+1/t35-,36+,37?,38+,39+,41+,44+,45+/m1/s1. The van der Waals surface area contributed by atoms with E-state index in [1.165, 1.54) is 57.8 Å². The van der Waals surface area contributed by atoms with E-state index in [0.717, 1.165) is 95.9 Å². The number of guanidine groups is 1. The second kappa shape index (κ2) is 23.5. The van der Waals surface area contributed by atoms with Gasteiger partial charge in [0, 0.05) is 38.8 Å². The summed E-state index contributed by atoms with van der Waals surface area (Å²) in [5, 5.41) is 17.8. The number of amides is 1. The van der Waals surface area contributed by atoms with Gasteiger partial charge in [0.2, 0.25) is 11.6 Å². The normalized spacial score (nSPS) is 29.8. The summed E-state index contributed by atoms with van der Waals surface area (Å²) >= 11 is 0. The Kier molecular flexibility index (Phi) is 18.9. The number of ether oxygens (including phenoxy) is 3. The van der Waals surface area contributed by atoms with E-state index in [9.17, 15) is 14.7 Å². The molecule has 57 heavy (non-hydrogen) atoms. The molecule has 5 aliphatic heterocycles. The first-order chi connectivity index (χ1) is 27.7. The third-order valence-electron chi connectivity index (χ3n) is 13.3. The Morgan fingerprint density at radius 2 is 1.63 bits per heavy atom. The molecule has 326 valence electrons. The van der Waals surface area contributed by atoms with Gasteiger partial charge in [-0.3, -0.25) is 14.2 Å². The van der Waals surface area contributed by atoms with Gasteiger partial charge < -0.3 is 35.7 Å². The zero-order valence-corrected chi connectivity index (χ0v) is 35.9. The Morgan fingerprint density at radius 3 is 2.30 bits per heavy atom. The first-order valence-corrected chi connectivity index (χ1v) is 23.5. The summed E-state index contributed by atoms with van der Waals surface area (Å²) in [7, 11) is 0. The van der Waals surface area contributed by atoms with Gasteiger partial charge in [-0.2, -0.15) is 0 Å². The van der Waals surface area contributed by atoms with Crippen molar-refractivity contribution in [1.82, 2.24) is 15.5 Å². The summed E-state index contributed by atoms with van der Waals surface area (Å²) in [5.41, 5.74) is 10.0. The van der Waals surface area contributed by atoms with Gasteiger partial charge in [-0.15, -0.1) is 0 Å². The first kappa shape index (κ1) is 45.8. The van der Waals surface area contributed by atoms with Crippen LogP contribution in [0.5, 0.6) is 0 Å². The summed E-state index contributed by atoms with van der Waals surface area (Å²) in [6.45, 7) is 6.73. The van der Waals surface area contributed by atoms with E-state index < -0.39 is 17.6 Å². The number of aliphatic hydroxyl groups is 1. The molecule has 1 unspecified atom stereocenters. The van der Waals surface area contributed by atoms with Gasteiger partial charge in [0.05, 0.1) is 37.0 Å². The van der Waals surface area contributed by atoms with Crippen LogP contribution in [0.4, 0.5) is 0 Å². The fourth-order valence-electron chi connectivity index (χ4n) is 10.3. The fourth-order valence-corrected chi connectivity index (χ4v) is 10.3. The van der Waals surface area contributed by atoms with E-state index in [-0.39, 0.29) is 36.0 Å². The van der Waals surface area contributed by atoms with Crippen LogP contribution in [-0.2, 0) is 23.8 Å². The van der Waals surface area contributed by atoms with Crippen molar-refractivity contribution in [2.75, 3.05) is 32.8 Å². The zero-order chi connectivity index (χ0) is 40.5. The Labute approximate surface area is 344 Å². The van der Waals surface area contributed by atoms with Crippen LogP contribution in [0.15, 0.2) is 12.2 Å². The van der Waals surface area contributed by atoms with Gasteiger partial charge in [-0.25, -0.2) is 10.6 Å². The van der Waals surface area contributed by atoms with Crippen LogP contribution in [-0.4, -0.2) is 107 Å². The molecule has 1 amide bonds. The summed E-state index contributed by atoms with van der Waals surface area (Å²) < 4.78 is 22.1. The van der Waals surface area contributed by atoms with E-state index in [1.54, 1.807) is 4.90 Å². The number of hydrogen-bond donors (Lipinski definition) is 5. The lowest BCUT2D eigenvalue weighted by Crippen LogP contribution is -2.76. The molecule has 0 aliphatic carbocycles. The quantitative estimate of drug-likeness (QED) is 0.0315. The second-order valence-corrected chi connectivity index (χ2v) is 17.9. The van der Waals surface area contributed by atoms with Crippen molar-refractivity contribution in [2.24, 2.45) is 17.4 Å². The Bertz CT molecular complexity index is 1300. The van der Waals surface area contributed by atoms with Gasteiger partial charge >= 0.3 is 11.9 Å². The molecule has 2 fully saturated rings. The summed E-state index contributed by atoms with van der Waals surface area (Å²) in [5.74, 6) is 0.653. The smallest absolute Gasteiger partial charge is 0.350 e. The average Bonchev–Trinajstić information content (AvgIpc) is 3.49. The molecule has 0 bridgehead atoms. The number of aliphatic hydroxyl groups excluding tert-OH is 1. The predicted molar refractivity (Wildman–Crippen MR) is 225 cm³/mol. The van der Waals surface area contributed by atoms with Crippen LogP contribution >= 0.6 is 0 Å². The lowest BCUT2D eigenvalue weighted by Gasteiger charge is -2.50. The lowest BCUT2D eigenvalue weighted by molar-refractivity contribution is -0.609. The molecule has 5 heterocycles. The van der Waals surface area contributed by atoms with E-state index in [0.29, 0.717) is 51.7 Å². The number of unbranched alkanes of at least 4 members (excludes halogenated alkanes) is 12. The molecule has 12 nitrogen and oxygen atoms in total. The Balaban J connectivity index is 0.941. The largest absolute Gasteiger partial charge is 0.465 e. The summed E-state index contributed by atoms with van der Waals surface area (Å²) in [6.07, 6.45) is 29.7. The zero-order valence-electron chi connectivity index (χ0n) is 35.9. The molecule has 0 aromatic rings. The molecule has 0 radical (unpaired) electrons. The average molecular weight is 802 g/mol. The molecule has 2 spiro atoms. The van der Waals surface area contributed by atoms with Crippen LogP contribution in [0.25, 0.3) is 0 Å². The van der Waals surface area contributed by atoms with Gasteiger partial charge in [0.25, 0.3) is 0 Å². The third kappa shape index (κ3) is 13.1. The molecule has 0 saturated carbocycles. The van der Waals surface area contributed by atoms with Crippen molar-refractivity contribution in [1.29, 1.82) is 0 Å². The van der Waals surface area contributed by atoms with Crippen LogP contribution in [0.2, 0.25) is 0 Å². The minimum Gasteiger partial charge on any atom is -0.465 e. The maximum absolute atomic E-state index is 14.1. The van der Waals surface area contributed by atoms with Crippen molar-refractivity contribution in [3.05, 3.63) is 12.2 Å². The number of rotatable bonds is 25. The number of nitrogens with zero attached hydrogens (tertiary/aromatic N) is 2. The van der Waals surface area contributed by atoms with Crippen molar-refractivity contribution in [3.63, 3.8) is 0 Å². The molecular formula is C45H81N6O6+. The third-order valence-corrected chi connectivity index (χ3v) is 13.3. The molecule has 2 saturated heterocycles. The molecule has 12 heteroatoms. The highest BCUT2D eigenvalue weighted by Crippen LogP contribution is 2.45. The highest BCUT2D eigenvalue weighted by Gasteiger charge is 2.64. The molecule has 0 aromatic heterocycles. The van der Waals surface area contributed by atoms with Crippen molar-refractivity contribution in [2.45, 2.75) is 216 Å². The number of carbonyl (C=O) groups is 2.